The fraction of sp³-hybridized carbons (Fsp3) is 0.708. The molecule has 1 unspecified atom stereocenters. The van der Waals surface area contributed by atoms with Crippen LogP contribution >= 0.6 is 0 Å². The smallest absolute Gasteiger partial charge is 0.220 e. The fourth-order valence-corrected chi connectivity index (χ4v) is 4.12. The lowest BCUT2D eigenvalue weighted by atomic mass is 9.97. The number of aliphatic hydroxyl groups is 1. The van der Waals surface area contributed by atoms with Crippen LogP contribution in [-0.4, -0.2) is 31.3 Å². The van der Waals surface area contributed by atoms with Gasteiger partial charge in [0.15, 0.2) is 0 Å². The molecule has 0 saturated heterocycles. The Labute approximate surface area is 176 Å². The van der Waals surface area contributed by atoms with Crippen LogP contribution in [0.3, 0.4) is 0 Å². The largest absolute Gasteiger partial charge is 0.497 e. The predicted octanol–water partition coefficient (Wildman–Crippen LogP) is 5.31. The molecular weight excluding hydrogens is 366 g/mol. The van der Waals surface area contributed by atoms with E-state index in [2.05, 4.69) is 5.32 Å². The zero-order valence-electron chi connectivity index (χ0n) is 18.3. The summed E-state index contributed by atoms with van der Waals surface area (Å²) in [4.78, 5) is 12.5. The lowest BCUT2D eigenvalue weighted by molar-refractivity contribution is -0.122. The highest BCUT2D eigenvalue weighted by molar-refractivity contribution is 5.76. The molecule has 5 heteroatoms. The topological polar surface area (TPSA) is 67.8 Å². The molecule has 0 bridgehead atoms. The SMILES string of the molecule is COc1ccc(C(O)CCC(=O)NC2CCCCCCCCCCC2)c(OC)c1. The molecule has 2 N–H and O–H groups in total. The summed E-state index contributed by atoms with van der Waals surface area (Å²) in [5.74, 6) is 1.29. The van der Waals surface area contributed by atoms with E-state index in [1.165, 1.54) is 57.8 Å². The van der Waals surface area contributed by atoms with Gasteiger partial charge in [0.1, 0.15) is 11.5 Å². The zero-order chi connectivity index (χ0) is 20.9. The van der Waals surface area contributed by atoms with Crippen molar-refractivity contribution in [3.63, 3.8) is 0 Å². The van der Waals surface area contributed by atoms with Crippen molar-refractivity contribution >= 4 is 5.91 Å². The number of carbonyl (C=O) groups excluding carboxylic acids is 1. The minimum atomic E-state index is -0.738. The second kappa shape index (κ2) is 13.5. The van der Waals surface area contributed by atoms with Crippen LogP contribution in [0, 0.1) is 0 Å². The van der Waals surface area contributed by atoms with E-state index in [-0.39, 0.29) is 11.9 Å². The summed E-state index contributed by atoms with van der Waals surface area (Å²) < 4.78 is 10.6. The standard InChI is InChI=1S/C24H39NO4/c1-28-20-14-15-21(23(18-20)29-2)22(26)16-17-24(27)25-19-12-10-8-6-4-3-5-7-9-11-13-19/h14-15,18-19,22,26H,3-13,16-17H2,1-2H3,(H,25,27). The molecule has 1 aliphatic rings. The molecule has 0 spiro atoms. The van der Waals surface area contributed by atoms with E-state index in [1.54, 1.807) is 32.4 Å². The van der Waals surface area contributed by atoms with Crippen LogP contribution in [0.1, 0.15) is 95.1 Å². The average Bonchev–Trinajstić information content (AvgIpc) is 2.73. The first-order valence-electron chi connectivity index (χ1n) is 11.3. The van der Waals surface area contributed by atoms with Gasteiger partial charge in [-0.2, -0.15) is 0 Å². The number of aliphatic hydroxyl groups excluding tert-OH is 1. The van der Waals surface area contributed by atoms with Gasteiger partial charge in [-0.25, -0.2) is 0 Å². The van der Waals surface area contributed by atoms with Crippen molar-refractivity contribution in [2.24, 2.45) is 0 Å². The van der Waals surface area contributed by atoms with Gasteiger partial charge in [0.2, 0.25) is 5.91 Å². The van der Waals surface area contributed by atoms with Crippen LogP contribution in [0.2, 0.25) is 0 Å². The lowest BCUT2D eigenvalue weighted by Crippen LogP contribution is -2.35. The molecule has 1 amide bonds. The molecule has 29 heavy (non-hydrogen) atoms. The van der Waals surface area contributed by atoms with Gasteiger partial charge in [-0.3, -0.25) is 4.79 Å². The molecule has 0 heterocycles. The van der Waals surface area contributed by atoms with E-state index in [9.17, 15) is 9.90 Å². The normalized spacial score (nSPS) is 18.2. The molecule has 2 rings (SSSR count). The van der Waals surface area contributed by atoms with E-state index < -0.39 is 6.10 Å². The van der Waals surface area contributed by atoms with Crippen molar-refractivity contribution in [1.82, 2.24) is 5.32 Å². The summed E-state index contributed by atoms with van der Waals surface area (Å²) in [6.45, 7) is 0. The Bertz CT molecular complexity index is 593. The van der Waals surface area contributed by atoms with Crippen LogP contribution < -0.4 is 14.8 Å². The number of nitrogens with one attached hydrogen (secondary N) is 1. The van der Waals surface area contributed by atoms with Crippen LogP contribution in [0.4, 0.5) is 0 Å². The van der Waals surface area contributed by atoms with Crippen molar-refractivity contribution in [2.75, 3.05) is 14.2 Å². The molecule has 1 fully saturated rings. The van der Waals surface area contributed by atoms with Gasteiger partial charge in [-0.15, -0.1) is 0 Å². The molecule has 0 aromatic heterocycles. The first-order valence-corrected chi connectivity index (χ1v) is 11.3. The van der Waals surface area contributed by atoms with Crippen molar-refractivity contribution in [3.05, 3.63) is 23.8 Å². The molecule has 1 aromatic rings. The maximum Gasteiger partial charge on any atom is 0.220 e. The van der Waals surface area contributed by atoms with Gasteiger partial charge in [0.05, 0.1) is 20.3 Å². The van der Waals surface area contributed by atoms with E-state index in [0.29, 0.717) is 29.9 Å². The number of rotatable bonds is 7. The first-order chi connectivity index (χ1) is 14.1. The monoisotopic (exact) mass is 405 g/mol. The quantitative estimate of drug-likeness (QED) is 0.645. The van der Waals surface area contributed by atoms with Gasteiger partial charge >= 0.3 is 0 Å². The summed E-state index contributed by atoms with van der Waals surface area (Å²) in [5, 5.41) is 13.8. The zero-order valence-corrected chi connectivity index (χ0v) is 18.3. The Morgan fingerprint density at radius 3 is 2.14 bits per heavy atom. The molecule has 1 saturated carbocycles. The Hall–Kier alpha value is -1.75. The fourth-order valence-electron chi connectivity index (χ4n) is 4.12. The lowest BCUT2D eigenvalue weighted by Gasteiger charge is -2.20. The molecular formula is C24H39NO4. The molecule has 0 radical (unpaired) electrons. The Morgan fingerprint density at radius 1 is 1.00 bits per heavy atom. The number of carbonyl (C=O) groups is 1. The third-order valence-corrected chi connectivity index (χ3v) is 5.91. The number of ether oxygens (including phenoxy) is 2. The van der Waals surface area contributed by atoms with Crippen molar-refractivity contribution in [3.8, 4) is 11.5 Å². The summed E-state index contributed by atoms with van der Waals surface area (Å²) in [6.07, 6.45) is 13.7. The summed E-state index contributed by atoms with van der Waals surface area (Å²) >= 11 is 0. The number of methoxy groups -OCH3 is 2. The van der Waals surface area contributed by atoms with Crippen LogP contribution in [0.25, 0.3) is 0 Å². The number of hydrogen-bond acceptors (Lipinski definition) is 4. The molecule has 1 aliphatic carbocycles. The van der Waals surface area contributed by atoms with E-state index in [0.717, 1.165) is 12.8 Å². The highest BCUT2D eigenvalue weighted by atomic mass is 16.5. The summed E-state index contributed by atoms with van der Waals surface area (Å²) in [7, 11) is 3.17. The van der Waals surface area contributed by atoms with Crippen LogP contribution in [-0.2, 0) is 4.79 Å². The van der Waals surface area contributed by atoms with Crippen molar-refractivity contribution in [2.45, 2.75) is 95.6 Å². The van der Waals surface area contributed by atoms with Crippen LogP contribution in [0.15, 0.2) is 18.2 Å². The third-order valence-electron chi connectivity index (χ3n) is 5.91. The minimum Gasteiger partial charge on any atom is -0.497 e. The maximum atomic E-state index is 12.5. The highest BCUT2D eigenvalue weighted by Gasteiger charge is 2.18. The molecule has 164 valence electrons. The van der Waals surface area contributed by atoms with E-state index in [4.69, 9.17) is 9.47 Å². The van der Waals surface area contributed by atoms with Crippen molar-refractivity contribution < 1.29 is 19.4 Å². The molecule has 1 atom stereocenters. The highest BCUT2D eigenvalue weighted by Crippen LogP contribution is 2.31. The second-order valence-corrected chi connectivity index (χ2v) is 8.19. The molecule has 0 aliphatic heterocycles. The molecule has 5 nitrogen and oxygen atoms in total. The maximum absolute atomic E-state index is 12.5. The van der Waals surface area contributed by atoms with E-state index >= 15 is 0 Å². The van der Waals surface area contributed by atoms with Gasteiger partial charge < -0.3 is 19.9 Å². The van der Waals surface area contributed by atoms with Gasteiger partial charge in [0, 0.05) is 24.1 Å². The number of amides is 1. The first kappa shape index (κ1) is 23.5. The Balaban J connectivity index is 1.82. The van der Waals surface area contributed by atoms with E-state index in [1.807, 2.05) is 0 Å². The van der Waals surface area contributed by atoms with Gasteiger partial charge in [0.25, 0.3) is 0 Å². The second-order valence-electron chi connectivity index (χ2n) is 8.19. The molecule has 1 aromatic carbocycles. The average molecular weight is 406 g/mol. The van der Waals surface area contributed by atoms with Gasteiger partial charge in [-0.1, -0.05) is 57.8 Å². The summed E-state index contributed by atoms with van der Waals surface area (Å²) in [6, 6.07) is 5.62. The number of benzene rings is 1. The Kier molecular flexibility index (Phi) is 10.9. The van der Waals surface area contributed by atoms with Crippen molar-refractivity contribution in [1.29, 1.82) is 0 Å². The minimum absolute atomic E-state index is 0.0358. The summed E-state index contributed by atoms with van der Waals surface area (Å²) in [5.41, 5.74) is 0.687. The Morgan fingerprint density at radius 2 is 1.59 bits per heavy atom. The third kappa shape index (κ3) is 8.65. The van der Waals surface area contributed by atoms with Gasteiger partial charge in [-0.05, 0) is 31.4 Å². The predicted molar refractivity (Wildman–Crippen MR) is 116 cm³/mol. The van der Waals surface area contributed by atoms with Crippen LogP contribution in [0.5, 0.6) is 11.5 Å². The number of hydrogen-bond donors (Lipinski definition) is 2.